The Morgan fingerprint density at radius 1 is 1.23 bits per heavy atom. The number of likely N-dealkylation sites (tertiary alicyclic amines) is 1. The Kier molecular flexibility index (Phi) is 4.55. The molecule has 2 heterocycles. The largest absolute Gasteiger partial charge is 0.337 e. The van der Waals surface area contributed by atoms with E-state index in [0.29, 0.717) is 31.1 Å². The first-order chi connectivity index (χ1) is 12.6. The monoisotopic (exact) mass is 415 g/mol. The molecule has 1 aliphatic heterocycles. The van der Waals surface area contributed by atoms with Crippen LogP contribution in [0.2, 0.25) is 0 Å². The van der Waals surface area contributed by atoms with E-state index in [0.717, 1.165) is 15.6 Å². The number of aromatic nitrogens is 2. The normalized spacial score (nSPS) is 17.1. The van der Waals surface area contributed by atoms with Crippen LogP contribution in [0.15, 0.2) is 57.5 Å². The van der Waals surface area contributed by atoms with Crippen molar-refractivity contribution in [3.63, 3.8) is 0 Å². The summed E-state index contributed by atoms with van der Waals surface area (Å²) in [6.07, 6.45) is 1.02. The Morgan fingerprint density at radius 2 is 2.04 bits per heavy atom. The van der Waals surface area contributed by atoms with Crippen molar-refractivity contribution in [3.05, 3.63) is 70.3 Å². The number of rotatable bonds is 4. The molecule has 132 valence electrons. The van der Waals surface area contributed by atoms with Crippen LogP contribution in [0.3, 0.4) is 0 Å². The lowest BCUT2D eigenvalue weighted by Gasteiger charge is -2.22. The third kappa shape index (κ3) is 3.39. The maximum atomic E-state index is 13.4. The maximum Gasteiger partial charge on any atom is 0.249 e. The Bertz CT molecular complexity index is 942. The highest BCUT2D eigenvalue weighted by molar-refractivity contribution is 9.10. The fraction of sp³-hybridized carbons (Fsp3) is 0.211. The number of amides is 1. The first-order valence-electron chi connectivity index (χ1n) is 8.23. The summed E-state index contributed by atoms with van der Waals surface area (Å²) in [4.78, 5) is 18.4. The molecule has 3 aromatic rings. The van der Waals surface area contributed by atoms with E-state index in [1.165, 1.54) is 12.1 Å². The third-order valence-electron chi connectivity index (χ3n) is 4.40. The van der Waals surface area contributed by atoms with Gasteiger partial charge in [-0.05, 0) is 48.4 Å². The highest BCUT2D eigenvalue weighted by atomic mass is 79.9. The molecule has 1 aromatic heterocycles. The molecule has 0 bridgehead atoms. The van der Waals surface area contributed by atoms with E-state index >= 15 is 0 Å². The Morgan fingerprint density at radius 3 is 2.81 bits per heavy atom. The van der Waals surface area contributed by atoms with Crippen LogP contribution in [0.4, 0.5) is 4.39 Å². The second-order valence-electron chi connectivity index (χ2n) is 6.17. The number of halogens is 2. The first kappa shape index (κ1) is 16.9. The number of hydrogen-bond donors (Lipinski definition) is 0. The predicted molar refractivity (Wildman–Crippen MR) is 96.4 cm³/mol. The van der Waals surface area contributed by atoms with E-state index in [1.807, 2.05) is 24.3 Å². The molecular formula is C19H15BrFN3O2. The van der Waals surface area contributed by atoms with Crippen molar-refractivity contribution < 1.29 is 13.7 Å². The molecule has 0 N–H and O–H groups in total. The van der Waals surface area contributed by atoms with Crippen LogP contribution in [0, 0.1) is 5.82 Å². The first-order valence-corrected chi connectivity index (χ1v) is 9.03. The van der Waals surface area contributed by atoms with Crippen molar-refractivity contribution in [2.75, 3.05) is 0 Å². The quantitative estimate of drug-likeness (QED) is 0.629. The van der Waals surface area contributed by atoms with Crippen LogP contribution in [0.5, 0.6) is 0 Å². The lowest BCUT2D eigenvalue weighted by atomic mass is 10.1. The second kappa shape index (κ2) is 6.99. The molecule has 0 aliphatic carbocycles. The van der Waals surface area contributed by atoms with Gasteiger partial charge in [-0.1, -0.05) is 33.2 Å². The van der Waals surface area contributed by atoms with Crippen LogP contribution < -0.4 is 0 Å². The zero-order chi connectivity index (χ0) is 18.1. The standard InChI is InChI=1S/C19H15BrFN3O2/c20-14-6-4-13(5-7-14)18-22-19(26-23-18)16-8-9-17(25)24(16)11-12-2-1-3-15(21)10-12/h1-7,10,16H,8-9,11H2. The molecule has 1 amide bonds. The Labute approximate surface area is 158 Å². The van der Waals surface area contributed by atoms with Gasteiger partial charge in [0.1, 0.15) is 11.9 Å². The summed E-state index contributed by atoms with van der Waals surface area (Å²) in [5.41, 5.74) is 1.57. The van der Waals surface area contributed by atoms with E-state index < -0.39 is 0 Å². The molecule has 5 nitrogen and oxygen atoms in total. The molecule has 1 atom stereocenters. The van der Waals surface area contributed by atoms with Gasteiger partial charge in [-0.2, -0.15) is 4.98 Å². The minimum Gasteiger partial charge on any atom is -0.337 e. The molecule has 1 unspecified atom stereocenters. The van der Waals surface area contributed by atoms with Crippen LogP contribution in [0.25, 0.3) is 11.4 Å². The van der Waals surface area contributed by atoms with Crippen LogP contribution >= 0.6 is 15.9 Å². The van der Waals surface area contributed by atoms with Gasteiger partial charge in [0.2, 0.25) is 17.6 Å². The molecule has 1 saturated heterocycles. The van der Waals surface area contributed by atoms with Gasteiger partial charge in [0.05, 0.1) is 0 Å². The summed E-state index contributed by atoms with van der Waals surface area (Å²) in [7, 11) is 0. The van der Waals surface area contributed by atoms with Gasteiger partial charge in [0.25, 0.3) is 0 Å². The number of carbonyl (C=O) groups excluding carboxylic acids is 1. The number of carbonyl (C=O) groups is 1. The van der Waals surface area contributed by atoms with Gasteiger partial charge >= 0.3 is 0 Å². The van der Waals surface area contributed by atoms with Gasteiger partial charge in [-0.15, -0.1) is 0 Å². The zero-order valence-corrected chi connectivity index (χ0v) is 15.3. The van der Waals surface area contributed by atoms with E-state index in [9.17, 15) is 9.18 Å². The number of hydrogen-bond acceptors (Lipinski definition) is 4. The molecule has 0 saturated carbocycles. The third-order valence-corrected chi connectivity index (χ3v) is 4.93. The number of nitrogens with zero attached hydrogens (tertiary/aromatic N) is 3. The van der Waals surface area contributed by atoms with Crippen molar-refractivity contribution in [3.8, 4) is 11.4 Å². The van der Waals surface area contributed by atoms with Crippen molar-refractivity contribution in [1.82, 2.24) is 15.0 Å². The fourth-order valence-electron chi connectivity index (χ4n) is 3.11. The lowest BCUT2D eigenvalue weighted by Crippen LogP contribution is -2.27. The second-order valence-corrected chi connectivity index (χ2v) is 7.08. The van der Waals surface area contributed by atoms with Gasteiger partial charge < -0.3 is 9.42 Å². The summed E-state index contributed by atoms with van der Waals surface area (Å²) in [6.45, 7) is 0.317. The average Bonchev–Trinajstić information content (AvgIpc) is 3.24. The predicted octanol–water partition coefficient (Wildman–Crippen LogP) is 4.50. The zero-order valence-electron chi connectivity index (χ0n) is 13.7. The van der Waals surface area contributed by atoms with E-state index in [-0.39, 0.29) is 17.8 Å². The SMILES string of the molecule is O=C1CCC(c2nc(-c3ccc(Br)cc3)no2)N1Cc1cccc(F)c1. The van der Waals surface area contributed by atoms with Crippen molar-refractivity contribution in [2.24, 2.45) is 0 Å². The molecule has 2 aromatic carbocycles. The summed E-state index contributed by atoms with van der Waals surface area (Å²) < 4.78 is 19.8. The summed E-state index contributed by atoms with van der Waals surface area (Å²) in [5.74, 6) is 0.575. The highest BCUT2D eigenvalue weighted by Gasteiger charge is 2.36. The van der Waals surface area contributed by atoms with Gasteiger partial charge in [-0.25, -0.2) is 4.39 Å². The molecule has 1 fully saturated rings. The molecule has 0 spiro atoms. The summed E-state index contributed by atoms with van der Waals surface area (Å²) in [6, 6.07) is 13.6. The Hall–Kier alpha value is -2.54. The van der Waals surface area contributed by atoms with Crippen LogP contribution in [-0.2, 0) is 11.3 Å². The average molecular weight is 416 g/mol. The molecule has 7 heteroatoms. The Balaban J connectivity index is 1.58. The fourth-order valence-corrected chi connectivity index (χ4v) is 3.37. The van der Waals surface area contributed by atoms with Crippen LogP contribution in [-0.4, -0.2) is 20.9 Å². The topological polar surface area (TPSA) is 59.2 Å². The lowest BCUT2D eigenvalue weighted by molar-refractivity contribution is -0.130. The van der Waals surface area contributed by atoms with Gasteiger partial charge in [0.15, 0.2) is 0 Å². The van der Waals surface area contributed by atoms with Crippen LogP contribution in [0.1, 0.15) is 30.3 Å². The minimum atomic E-state index is -0.319. The molecule has 4 rings (SSSR count). The summed E-state index contributed by atoms with van der Waals surface area (Å²) in [5, 5.41) is 4.04. The maximum absolute atomic E-state index is 13.4. The molecular weight excluding hydrogens is 401 g/mol. The van der Waals surface area contributed by atoms with Crippen molar-refractivity contribution >= 4 is 21.8 Å². The highest BCUT2D eigenvalue weighted by Crippen LogP contribution is 2.34. The number of benzene rings is 2. The van der Waals surface area contributed by atoms with E-state index in [2.05, 4.69) is 26.1 Å². The molecule has 0 radical (unpaired) electrons. The molecule has 1 aliphatic rings. The van der Waals surface area contributed by atoms with Crippen molar-refractivity contribution in [1.29, 1.82) is 0 Å². The minimum absolute atomic E-state index is 0.00246. The summed E-state index contributed by atoms with van der Waals surface area (Å²) >= 11 is 3.39. The van der Waals surface area contributed by atoms with E-state index in [1.54, 1.807) is 17.0 Å². The van der Waals surface area contributed by atoms with Gasteiger partial charge in [0, 0.05) is 23.0 Å². The van der Waals surface area contributed by atoms with E-state index in [4.69, 9.17) is 4.52 Å². The molecule has 26 heavy (non-hydrogen) atoms. The smallest absolute Gasteiger partial charge is 0.249 e. The van der Waals surface area contributed by atoms with Crippen molar-refractivity contribution in [2.45, 2.75) is 25.4 Å². The van der Waals surface area contributed by atoms with Gasteiger partial charge in [-0.3, -0.25) is 4.79 Å².